The quantitative estimate of drug-likeness (QED) is 0.223. The van der Waals surface area contributed by atoms with E-state index in [4.69, 9.17) is 0 Å². The summed E-state index contributed by atoms with van der Waals surface area (Å²) in [6, 6.07) is 32.4. The Morgan fingerprint density at radius 2 is 1.49 bits per heavy atom. The summed E-state index contributed by atoms with van der Waals surface area (Å²) in [5.74, 6) is -1.63. The molecule has 0 aliphatic carbocycles. The number of nitrogens with zero attached hydrogens (tertiary/aromatic N) is 2. The van der Waals surface area contributed by atoms with Crippen LogP contribution >= 0.6 is 0 Å². The van der Waals surface area contributed by atoms with E-state index < -0.39 is 12.0 Å². The number of nitrogens with one attached hydrogen (secondary N) is 1. The van der Waals surface area contributed by atoms with Crippen LogP contribution in [-0.2, 0) is 0 Å². The third-order valence-electron chi connectivity index (χ3n) is 7.18. The summed E-state index contributed by atoms with van der Waals surface area (Å²) >= 11 is 0. The van der Waals surface area contributed by atoms with Crippen molar-refractivity contribution < 1.29 is 19.5 Å². The predicted molar refractivity (Wildman–Crippen MR) is 157 cm³/mol. The van der Waals surface area contributed by atoms with E-state index in [0.717, 1.165) is 27.6 Å². The maximum Gasteiger partial charge on any atom is 0.335 e. The lowest BCUT2D eigenvalue weighted by atomic mass is 10.0. The van der Waals surface area contributed by atoms with Gasteiger partial charge < -0.3 is 14.8 Å². The van der Waals surface area contributed by atoms with E-state index >= 15 is 0 Å². The number of aromatic nitrogens is 2. The number of para-hydroxylation sites is 1. The molecule has 7 nitrogen and oxygen atoms in total. The number of aromatic carboxylic acids is 1. The second kappa shape index (κ2) is 10.5. The van der Waals surface area contributed by atoms with Crippen LogP contribution in [0.3, 0.4) is 0 Å². The molecule has 2 N–H and O–H groups in total. The molecule has 6 rings (SSSR count). The molecule has 3 heterocycles. The molecule has 0 aliphatic rings. The fraction of sp³-hybridized carbons (Fsp3) is 0.0588. The maximum atomic E-state index is 13.8. The number of carboxylic acid groups (broad SMARTS) is 1. The summed E-state index contributed by atoms with van der Waals surface area (Å²) in [5.41, 5.74) is 5.27. The Kier molecular flexibility index (Phi) is 6.61. The number of hydrogen-bond donors (Lipinski definition) is 2. The second-order valence-corrected chi connectivity index (χ2v) is 9.84. The smallest absolute Gasteiger partial charge is 0.335 e. The molecule has 3 aromatic carbocycles. The summed E-state index contributed by atoms with van der Waals surface area (Å²) in [5, 5.41) is 13.1. The van der Waals surface area contributed by atoms with Crippen molar-refractivity contribution >= 4 is 34.1 Å². The first-order chi connectivity index (χ1) is 19.9. The molecule has 0 spiro atoms. The highest BCUT2D eigenvalue weighted by atomic mass is 16.4. The van der Waals surface area contributed by atoms with E-state index in [1.54, 1.807) is 34.9 Å². The van der Waals surface area contributed by atoms with Gasteiger partial charge in [0.2, 0.25) is 5.78 Å². The van der Waals surface area contributed by atoms with Crippen molar-refractivity contribution in [3.05, 3.63) is 143 Å². The third-order valence-corrected chi connectivity index (χ3v) is 7.18. The van der Waals surface area contributed by atoms with Gasteiger partial charge in [0, 0.05) is 22.7 Å². The number of hydrogen-bond acceptors (Lipinski definition) is 4. The van der Waals surface area contributed by atoms with Gasteiger partial charge in [-0.15, -0.1) is 0 Å². The maximum absolute atomic E-state index is 13.8. The summed E-state index contributed by atoms with van der Waals surface area (Å²) in [7, 11) is 0. The molecule has 0 fully saturated rings. The zero-order valence-corrected chi connectivity index (χ0v) is 22.1. The average Bonchev–Trinajstić information content (AvgIpc) is 3.44. The van der Waals surface area contributed by atoms with E-state index in [9.17, 15) is 19.5 Å². The van der Waals surface area contributed by atoms with Crippen LogP contribution in [-0.4, -0.2) is 32.2 Å². The second-order valence-electron chi connectivity index (χ2n) is 9.84. The summed E-state index contributed by atoms with van der Waals surface area (Å²) < 4.78 is 1.68. The number of fused-ring (bicyclic) bond motifs is 2. The topological polar surface area (TPSA) is 101 Å². The first kappa shape index (κ1) is 25.7. The Balaban J connectivity index is 1.42. The average molecular weight is 540 g/mol. The third kappa shape index (κ3) is 4.96. The number of ketones is 1. The van der Waals surface area contributed by atoms with Gasteiger partial charge in [-0.25, -0.2) is 4.79 Å². The molecule has 0 saturated carbocycles. The van der Waals surface area contributed by atoms with Crippen LogP contribution in [0.2, 0.25) is 0 Å². The highest BCUT2D eigenvalue weighted by Gasteiger charge is 2.22. The molecule has 3 aromatic heterocycles. The molecule has 200 valence electrons. The minimum Gasteiger partial charge on any atom is -0.478 e. The Hall–Kier alpha value is -5.56. The minimum absolute atomic E-state index is 0.170. The van der Waals surface area contributed by atoms with Crippen LogP contribution in [0.25, 0.3) is 27.5 Å². The normalized spacial score (nSPS) is 11.8. The minimum atomic E-state index is -1.01. The number of benzene rings is 3. The first-order valence-corrected chi connectivity index (χ1v) is 13.1. The van der Waals surface area contributed by atoms with Crippen molar-refractivity contribution in [2.45, 2.75) is 13.0 Å². The number of pyridine rings is 2. The number of rotatable bonds is 7. The molecular formula is C34H25N3O4. The molecule has 0 unspecified atom stereocenters. The molecule has 1 atom stereocenters. The van der Waals surface area contributed by atoms with E-state index in [1.165, 1.54) is 12.1 Å². The van der Waals surface area contributed by atoms with Crippen molar-refractivity contribution in [1.29, 1.82) is 0 Å². The molecule has 41 heavy (non-hydrogen) atoms. The highest BCUT2D eigenvalue weighted by molar-refractivity contribution is 6.10. The van der Waals surface area contributed by atoms with Gasteiger partial charge in [-0.1, -0.05) is 60.7 Å². The largest absolute Gasteiger partial charge is 0.478 e. The molecule has 0 radical (unpaired) electrons. The van der Waals surface area contributed by atoms with Gasteiger partial charge in [-0.3, -0.25) is 14.6 Å². The van der Waals surface area contributed by atoms with Gasteiger partial charge in [0.15, 0.2) is 0 Å². The lowest BCUT2D eigenvalue weighted by Crippen LogP contribution is -2.29. The van der Waals surface area contributed by atoms with Crippen LogP contribution in [0.1, 0.15) is 55.4 Å². The van der Waals surface area contributed by atoms with Crippen LogP contribution in [0.15, 0.2) is 115 Å². The Morgan fingerprint density at radius 1 is 0.756 bits per heavy atom. The first-order valence-electron chi connectivity index (χ1n) is 13.1. The Bertz CT molecular complexity index is 1940. The van der Waals surface area contributed by atoms with Gasteiger partial charge in [0.25, 0.3) is 5.91 Å². The summed E-state index contributed by atoms with van der Waals surface area (Å²) in [4.78, 5) is 43.3. The molecule has 6 aromatic rings. The Labute approximate surface area is 235 Å². The van der Waals surface area contributed by atoms with Crippen LogP contribution < -0.4 is 5.32 Å². The summed E-state index contributed by atoms with van der Waals surface area (Å²) in [6.45, 7) is 1.83. The van der Waals surface area contributed by atoms with Crippen molar-refractivity contribution in [2.75, 3.05) is 0 Å². The fourth-order valence-corrected chi connectivity index (χ4v) is 5.00. The zero-order valence-electron chi connectivity index (χ0n) is 22.1. The van der Waals surface area contributed by atoms with Gasteiger partial charge in [0.1, 0.15) is 5.69 Å². The van der Waals surface area contributed by atoms with E-state index in [-0.39, 0.29) is 17.3 Å². The SMILES string of the molecule is C[C@H](NC(=O)c1cc(-c2ccccc2)cc2ccc(C(=O)c3cnc4ccccc4c3)n12)c1ccc(C(=O)O)cc1. The predicted octanol–water partition coefficient (Wildman–Crippen LogP) is 6.57. The monoisotopic (exact) mass is 539 g/mol. The molecule has 0 bridgehead atoms. The van der Waals surface area contributed by atoms with Crippen LogP contribution in [0, 0.1) is 0 Å². The van der Waals surface area contributed by atoms with Gasteiger partial charge >= 0.3 is 5.97 Å². The number of carboxylic acids is 1. The highest BCUT2D eigenvalue weighted by Crippen LogP contribution is 2.27. The number of carbonyl (C=O) groups excluding carboxylic acids is 2. The van der Waals surface area contributed by atoms with E-state index in [1.807, 2.05) is 79.7 Å². The van der Waals surface area contributed by atoms with Gasteiger partial charge in [0.05, 0.1) is 22.8 Å². The van der Waals surface area contributed by atoms with Crippen molar-refractivity contribution in [3.8, 4) is 11.1 Å². The zero-order chi connectivity index (χ0) is 28.5. The molecule has 0 saturated heterocycles. The van der Waals surface area contributed by atoms with Crippen LogP contribution in [0.4, 0.5) is 0 Å². The summed E-state index contributed by atoms with van der Waals surface area (Å²) in [6.07, 6.45) is 1.56. The fourth-order valence-electron chi connectivity index (χ4n) is 5.00. The van der Waals surface area contributed by atoms with Crippen molar-refractivity contribution in [2.24, 2.45) is 0 Å². The lowest BCUT2D eigenvalue weighted by molar-refractivity contribution is 0.0696. The Morgan fingerprint density at radius 3 is 2.24 bits per heavy atom. The van der Waals surface area contributed by atoms with Crippen LogP contribution in [0.5, 0.6) is 0 Å². The van der Waals surface area contributed by atoms with Crippen molar-refractivity contribution in [1.82, 2.24) is 14.7 Å². The molecule has 0 aliphatic heterocycles. The number of amides is 1. The van der Waals surface area contributed by atoms with E-state index in [0.29, 0.717) is 22.5 Å². The van der Waals surface area contributed by atoms with E-state index in [2.05, 4.69) is 10.3 Å². The standard InChI is InChI=1S/C34H25N3O4/c1-21(22-11-13-24(14-12-22)34(40)41)36-33(39)31-19-26(23-7-3-2-4-8-23)18-28-15-16-30(37(28)31)32(38)27-17-25-9-5-6-10-29(25)35-20-27/h2-21H,1H3,(H,36,39)(H,40,41)/t21-/m0/s1. The lowest BCUT2D eigenvalue weighted by Gasteiger charge is -2.17. The van der Waals surface area contributed by atoms with Gasteiger partial charge in [-0.2, -0.15) is 0 Å². The number of carbonyl (C=O) groups is 3. The molecule has 7 heteroatoms. The molecule has 1 amide bonds. The molecular weight excluding hydrogens is 514 g/mol. The van der Waals surface area contributed by atoms with Crippen molar-refractivity contribution in [3.63, 3.8) is 0 Å². The van der Waals surface area contributed by atoms with Gasteiger partial charge in [-0.05, 0) is 72.1 Å².